The Hall–Kier alpha value is -1.38. The van der Waals surface area contributed by atoms with E-state index in [2.05, 4.69) is 18.3 Å². The van der Waals surface area contributed by atoms with Gasteiger partial charge in [-0.25, -0.2) is 0 Å². The zero-order chi connectivity index (χ0) is 15.4. The van der Waals surface area contributed by atoms with Crippen LogP contribution in [0.4, 0.5) is 5.69 Å². The average molecular weight is 324 g/mol. The zero-order valence-corrected chi connectivity index (χ0v) is 13.9. The van der Waals surface area contributed by atoms with Crippen molar-refractivity contribution >= 4 is 28.9 Å². The minimum atomic E-state index is 0.103. The molecule has 21 heavy (non-hydrogen) atoms. The van der Waals surface area contributed by atoms with Crippen LogP contribution >= 0.6 is 23.2 Å². The van der Waals surface area contributed by atoms with Crippen molar-refractivity contribution in [2.24, 2.45) is 0 Å². The fourth-order valence-corrected chi connectivity index (χ4v) is 2.83. The maximum atomic E-state index is 6.31. The van der Waals surface area contributed by atoms with E-state index in [1.54, 1.807) is 13.2 Å². The van der Waals surface area contributed by atoms with E-state index >= 15 is 0 Å². The lowest BCUT2D eigenvalue weighted by atomic mass is 10.0. The van der Waals surface area contributed by atoms with Gasteiger partial charge < -0.3 is 10.1 Å². The van der Waals surface area contributed by atoms with Gasteiger partial charge in [0.25, 0.3) is 0 Å². The van der Waals surface area contributed by atoms with E-state index in [1.165, 1.54) is 0 Å². The van der Waals surface area contributed by atoms with Gasteiger partial charge in [-0.05, 0) is 48.7 Å². The smallest absolute Gasteiger partial charge is 0.142 e. The predicted octanol–water partition coefficient (Wildman–Crippen LogP) is 5.87. The van der Waals surface area contributed by atoms with Crippen molar-refractivity contribution in [2.75, 3.05) is 12.4 Å². The van der Waals surface area contributed by atoms with Crippen LogP contribution in [-0.2, 0) is 0 Å². The third-order valence-corrected chi connectivity index (χ3v) is 4.00. The molecule has 0 fully saturated rings. The molecule has 0 aliphatic heterocycles. The van der Waals surface area contributed by atoms with Crippen LogP contribution in [0.3, 0.4) is 0 Å². The zero-order valence-electron chi connectivity index (χ0n) is 12.4. The summed E-state index contributed by atoms with van der Waals surface area (Å²) in [6.07, 6.45) is 0.901. The van der Waals surface area contributed by atoms with Gasteiger partial charge in [0, 0.05) is 10.0 Å². The summed E-state index contributed by atoms with van der Waals surface area (Å²) in [6, 6.07) is 11.8. The Morgan fingerprint density at radius 3 is 2.52 bits per heavy atom. The molecule has 4 heteroatoms. The molecule has 0 bridgehead atoms. The van der Waals surface area contributed by atoms with Crippen molar-refractivity contribution in [3.63, 3.8) is 0 Å². The van der Waals surface area contributed by atoms with E-state index in [1.807, 2.05) is 31.2 Å². The van der Waals surface area contributed by atoms with Crippen LogP contribution < -0.4 is 10.1 Å². The van der Waals surface area contributed by atoms with E-state index in [4.69, 9.17) is 27.9 Å². The summed E-state index contributed by atoms with van der Waals surface area (Å²) in [5.41, 5.74) is 3.15. The molecule has 0 aliphatic carbocycles. The molecular formula is C17H19Cl2NO. The van der Waals surface area contributed by atoms with Gasteiger partial charge in [0.2, 0.25) is 0 Å². The number of halogens is 2. The van der Waals surface area contributed by atoms with Crippen molar-refractivity contribution in [1.29, 1.82) is 0 Å². The van der Waals surface area contributed by atoms with Crippen LogP contribution in [0, 0.1) is 6.92 Å². The first-order valence-electron chi connectivity index (χ1n) is 6.91. The number of hydrogen-bond donors (Lipinski definition) is 1. The average Bonchev–Trinajstić information content (AvgIpc) is 2.46. The highest BCUT2D eigenvalue weighted by atomic mass is 35.5. The van der Waals surface area contributed by atoms with Crippen LogP contribution in [0.2, 0.25) is 10.0 Å². The van der Waals surface area contributed by atoms with Gasteiger partial charge in [-0.3, -0.25) is 0 Å². The van der Waals surface area contributed by atoms with E-state index in [0.29, 0.717) is 10.0 Å². The summed E-state index contributed by atoms with van der Waals surface area (Å²) in [5.74, 6) is 0.832. The highest BCUT2D eigenvalue weighted by Gasteiger charge is 2.15. The molecule has 0 heterocycles. The lowest BCUT2D eigenvalue weighted by molar-refractivity contribution is 0.415. The van der Waals surface area contributed by atoms with Crippen LogP contribution in [-0.4, -0.2) is 7.11 Å². The van der Waals surface area contributed by atoms with E-state index < -0.39 is 0 Å². The Kier molecular flexibility index (Phi) is 5.38. The predicted molar refractivity (Wildman–Crippen MR) is 90.8 cm³/mol. The van der Waals surface area contributed by atoms with Gasteiger partial charge in [0.1, 0.15) is 5.75 Å². The van der Waals surface area contributed by atoms with E-state index in [-0.39, 0.29) is 6.04 Å². The van der Waals surface area contributed by atoms with Gasteiger partial charge in [-0.2, -0.15) is 0 Å². The molecule has 0 aromatic heterocycles. The highest BCUT2D eigenvalue weighted by Crippen LogP contribution is 2.34. The molecule has 1 atom stereocenters. The number of ether oxygens (including phenoxy) is 1. The quantitative estimate of drug-likeness (QED) is 0.742. The highest BCUT2D eigenvalue weighted by molar-refractivity contribution is 6.35. The number of hydrogen-bond acceptors (Lipinski definition) is 2. The summed E-state index contributed by atoms with van der Waals surface area (Å²) in [7, 11) is 1.68. The first-order valence-corrected chi connectivity index (χ1v) is 7.67. The SMILES string of the molecule is CCC(Nc1ccc(C)cc1OC)c1ccc(Cl)cc1Cl. The summed E-state index contributed by atoms with van der Waals surface area (Å²) in [4.78, 5) is 0. The maximum absolute atomic E-state index is 6.31. The first-order chi connectivity index (χ1) is 10.0. The lowest BCUT2D eigenvalue weighted by Gasteiger charge is -2.22. The van der Waals surface area contributed by atoms with E-state index in [9.17, 15) is 0 Å². The molecule has 2 aromatic rings. The number of methoxy groups -OCH3 is 1. The fraction of sp³-hybridized carbons (Fsp3) is 0.294. The molecule has 0 aliphatic rings. The number of anilines is 1. The number of benzene rings is 2. The standard InChI is InChI=1S/C17H19Cl2NO/c1-4-15(13-7-6-12(18)10-14(13)19)20-16-8-5-11(2)9-17(16)21-3/h5-10,15,20H,4H2,1-3H3. The monoisotopic (exact) mass is 323 g/mol. The summed E-state index contributed by atoms with van der Waals surface area (Å²) < 4.78 is 5.44. The minimum absolute atomic E-state index is 0.103. The molecule has 0 saturated carbocycles. The normalized spacial score (nSPS) is 12.0. The number of rotatable bonds is 5. The molecular weight excluding hydrogens is 305 g/mol. The van der Waals surface area contributed by atoms with Crippen LogP contribution in [0.5, 0.6) is 5.75 Å². The second-order valence-electron chi connectivity index (χ2n) is 4.97. The van der Waals surface area contributed by atoms with Gasteiger partial charge in [-0.15, -0.1) is 0 Å². The molecule has 2 rings (SSSR count). The van der Waals surface area contributed by atoms with Crippen LogP contribution in [0.15, 0.2) is 36.4 Å². The van der Waals surface area contributed by atoms with Gasteiger partial charge in [-0.1, -0.05) is 42.3 Å². The maximum Gasteiger partial charge on any atom is 0.142 e. The van der Waals surface area contributed by atoms with Crippen molar-refractivity contribution in [2.45, 2.75) is 26.3 Å². The number of aryl methyl sites for hydroxylation is 1. The second kappa shape index (κ2) is 7.06. The second-order valence-corrected chi connectivity index (χ2v) is 5.82. The molecule has 2 nitrogen and oxygen atoms in total. The number of nitrogens with one attached hydrogen (secondary N) is 1. The third-order valence-electron chi connectivity index (χ3n) is 3.43. The fourth-order valence-electron chi connectivity index (χ4n) is 2.29. The largest absolute Gasteiger partial charge is 0.495 e. The molecule has 0 spiro atoms. The van der Waals surface area contributed by atoms with Crippen molar-refractivity contribution < 1.29 is 4.74 Å². The van der Waals surface area contributed by atoms with Gasteiger partial charge >= 0.3 is 0 Å². The molecule has 0 amide bonds. The first kappa shape index (κ1) is 16.0. The van der Waals surface area contributed by atoms with Crippen molar-refractivity contribution in [1.82, 2.24) is 0 Å². The molecule has 112 valence electrons. The molecule has 1 unspecified atom stereocenters. The summed E-state index contributed by atoms with van der Waals surface area (Å²) in [6.45, 7) is 4.16. The Labute approximate surface area is 136 Å². The Balaban J connectivity index is 2.31. The minimum Gasteiger partial charge on any atom is -0.495 e. The third kappa shape index (κ3) is 3.84. The van der Waals surface area contributed by atoms with Gasteiger partial charge in [0.15, 0.2) is 0 Å². The molecule has 1 N–H and O–H groups in total. The topological polar surface area (TPSA) is 21.3 Å². The summed E-state index contributed by atoms with van der Waals surface area (Å²) >= 11 is 12.3. The Morgan fingerprint density at radius 2 is 1.90 bits per heavy atom. The summed E-state index contributed by atoms with van der Waals surface area (Å²) in [5, 5.41) is 4.82. The van der Waals surface area contributed by atoms with Crippen LogP contribution in [0.1, 0.15) is 30.5 Å². The van der Waals surface area contributed by atoms with E-state index in [0.717, 1.165) is 29.0 Å². The van der Waals surface area contributed by atoms with Gasteiger partial charge in [0.05, 0.1) is 18.8 Å². The Morgan fingerprint density at radius 1 is 1.14 bits per heavy atom. The Bertz CT molecular complexity index is 628. The lowest BCUT2D eigenvalue weighted by Crippen LogP contribution is -2.11. The van der Waals surface area contributed by atoms with Crippen molar-refractivity contribution in [3.05, 3.63) is 57.6 Å². The molecule has 0 saturated heterocycles. The van der Waals surface area contributed by atoms with Crippen LogP contribution in [0.25, 0.3) is 0 Å². The van der Waals surface area contributed by atoms with Crippen molar-refractivity contribution in [3.8, 4) is 5.75 Å². The molecule has 2 aromatic carbocycles. The molecule has 0 radical (unpaired) electrons.